The summed E-state index contributed by atoms with van der Waals surface area (Å²) in [5, 5.41) is 20.5. The quantitative estimate of drug-likeness (QED) is 0.386. The van der Waals surface area contributed by atoms with Gasteiger partial charge in [0.25, 0.3) is 0 Å². The molecule has 5 heteroatoms. The monoisotopic (exact) mass is 445 g/mol. The van der Waals surface area contributed by atoms with E-state index < -0.39 is 0 Å². The van der Waals surface area contributed by atoms with Crippen molar-refractivity contribution < 1.29 is 0 Å². The van der Waals surface area contributed by atoms with E-state index in [1.807, 2.05) is 42.2 Å². The van der Waals surface area contributed by atoms with Crippen LogP contribution >= 0.6 is 0 Å². The fourth-order valence-electron chi connectivity index (χ4n) is 4.59. The molecule has 0 amide bonds. The Morgan fingerprint density at radius 3 is 2.79 bits per heavy atom. The molecular formula is C29H27N5. The first-order valence-corrected chi connectivity index (χ1v) is 11.3. The third-order valence-electron chi connectivity index (χ3n) is 6.07. The lowest BCUT2D eigenvalue weighted by molar-refractivity contribution is 0.365. The van der Waals surface area contributed by atoms with Gasteiger partial charge >= 0.3 is 0 Å². The van der Waals surface area contributed by atoms with Crippen LogP contribution in [-0.4, -0.2) is 15.7 Å². The van der Waals surface area contributed by atoms with Crippen molar-refractivity contribution >= 4 is 17.0 Å². The number of hydrogen-bond acceptors (Lipinski definition) is 4. The van der Waals surface area contributed by atoms with Crippen LogP contribution in [0.25, 0.3) is 17.0 Å². The standard InChI is InChI=1S/C29H27N5/c1-4-6-15-29(32-34-27-13-8-7-11-24(27)25-12-9-14-28(25)34)33(21(3)10-5-2)26-17-16-22(19-30)18-23(26)20-31/h4-11,13-15,18,29,32H,1,3,12,16-17H2,2H3/b10-5-,15-6-. The molecule has 1 N–H and O–H groups in total. The van der Waals surface area contributed by atoms with Gasteiger partial charge in [0, 0.05) is 22.4 Å². The van der Waals surface area contributed by atoms with Crippen molar-refractivity contribution in [1.82, 2.24) is 9.58 Å². The van der Waals surface area contributed by atoms with E-state index in [0.29, 0.717) is 24.0 Å². The number of nitrogens with zero attached hydrogens (tertiary/aromatic N) is 4. The zero-order valence-electron chi connectivity index (χ0n) is 19.3. The lowest BCUT2D eigenvalue weighted by Crippen LogP contribution is -2.42. The number of benzene rings is 1. The average molecular weight is 446 g/mol. The van der Waals surface area contributed by atoms with E-state index in [1.165, 1.54) is 10.9 Å². The van der Waals surface area contributed by atoms with Crippen molar-refractivity contribution in [2.75, 3.05) is 5.43 Å². The maximum Gasteiger partial charge on any atom is 0.137 e. The van der Waals surface area contributed by atoms with E-state index in [4.69, 9.17) is 0 Å². The van der Waals surface area contributed by atoms with Crippen LogP contribution < -0.4 is 5.43 Å². The second kappa shape index (κ2) is 9.98. The normalized spacial score (nSPS) is 15.8. The van der Waals surface area contributed by atoms with E-state index in [9.17, 15) is 10.5 Å². The molecule has 0 bridgehead atoms. The molecule has 0 spiro atoms. The van der Waals surface area contributed by atoms with Gasteiger partial charge < -0.3 is 4.90 Å². The Labute approximate surface area is 200 Å². The van der Waals surface area contributed by atoms with E-state index in [0.717, 1.165) is 29.0 Å². The lowest BCUT2D eigenvalue weighted by Gasteiger charge is -2.37. The summed E-state index contributed by atoms with van der Waals surface area (Å²) in [6, 6.07) is 12.8. The fraction of sp³-hybridized carbons (Fsp3) is 0.172. The van der Waals surface area contributed by atoms with Gasteiger partial charge in [-0.05, 0) is 62.1 Å². The molecule has 34 heavy (non-hydrogen) atoms. The molecule has 0 aliphatic heterocycles. The highest BCUT2D eigenvalue weighted by Crippen LogP contribution is 2.33. The first-order chi connectivity index (χ1) is 16.6. The molecule has 1 aromatic heterocycles. The van der Waals surface area contributed by atoms with Crippen molar-refractivity contribution in [3.05, 3.63) is 114 Å². The predicted octanol–water partition coefficient (Wildman–Crippen LogP) is 6.24. The molecule has 1 unspecified atom stereocenters. The summed E-state index contributed by atoms with van der Waals surface area (Å²) in [6.07, 6.45) is 17.2. The molecule has 0 radical (unpaired) electrons. The van der Waals surface area contributed by atoms with E-state index >= 15 is 0 Å². The van der Waals surface area contributed by atoms with Crippen LogP contribution in [0.15, 0.2) is 102 Å². The third-order valence-corrected chi connectivity index (χ3v) is 6.07. The smallest absolute Gasteiger partial charge is 0.137 e. The minimum atomic E-state index is -0.356. The number of para-hydroxylation sites is 1. The Bertz CT molecular complexity index is 1380. The molecule has 168 valence electrons. The molecule has 2 aliphatic carbocycles. The maximum atomic E-state index is 9.91. The van der Waals surface area contributed by atoms with Gasteiger partial charge in [-0.2, -0.15) is 10.5 Å². The number of aromatic nitrogens is 1. The summed E-state index contributed by atoms with van der Waals surface area (Å²) in [7, 11) is 0. The Hall–Kier alpha value is -4.48. The number of fused-ring (bicyclic) bond motifs is 3. The van der Waals surface area contributed by atoms with Gasteiger partial charge in [-0.1, -0.05) is 55.7 Å². The fourth-order valence-corrected chi connectivity index (χ4v) is 4.59. The summed E-state index contributed by atoms with van der Waals surface area (Å²) in [4.78, 5) is 2.04. The highest BCUT2D eigenvalue weighted by Gasteiger charge is 2.27. The largest absolute Gasteiger partial charge is 0.319 e. The van der Waals surface area contributed by atoms with E-state index in [-0.39, 0.29) is 6.17 Å². The molecule has 0 saturated heterocycles. The van der Waals surface area contributed by atoms with Crippen LogP contribution in [0.2, 0.25) is 0 Å². The Morgan fingerprint density at radius 1 is 1.24 bits per heavy atom. The molecule has 1 heterocycles. The van der Waals surface area contributed by atoms with Crippen LogP contribution in [0.3, 0.4) is 0 Å². The molecule has 0 fully saturated rings. The lowest BCUT2D eigenvalue weighted by atomic mass is 9.96. The van der Waals surface area contributed by atoms with Gasteiger partial charge in [0.2, 0.25) is 0 Å². The highest BCUT2D eigenvalue weighted by molar-refractivity contribution is 5.90. The first kappa shape index (κ1) is 22.7. The molecule has 2 aliphatic rings. The maximum absolute atomic E-state index is 9.91. The topological polar surface area (TPSA) is 67.8 Å². The Kier molecular flexibility index (Phi) is 6.67. The summed E-state index contributed by atoms with van der Waals surface area (Å²) >= 11 is 0. The second-order valence-electron chi connectivity index (χ2n) is 8.13. The predicted molar refractivity (Wildman–Crippen MR) is 139 cm³/mol. The van der Waals surface area contributed by atoms with Gasteiger partial charge in [-0.3, -0.25) is 10.1 Å². The number of nitrogens with one attached hydrogen (secondary N) is 1. The van der Waals surface area contributed by atoms with Gasteiger partial charge in [0.15, 0.2) is 0 Å². The number of rotatable bonds is 8. The van der Waals surface area contributed by atoms with Crippen LogP contribution in [0.5, 0.6) is 0 Å². The van der Waals surface area contributed by atoms with Gasteiger partial charge in [-0.25, -0.2) is 0 Å². The molecular weight excluding hydrogens is 418 g/mol. The zero-order chi connectivity index (χ0) is 24.1. The van der Waals surface area contributed by atoms with Crippen molar-refractivity contribution in [2.45, 2.75) is 32.4 Å². The van der Waals surface area contributed by atoms with Gasteiger partial charge in [0.05, 0.1) is 22.9 Å². The second-order valence-corrected chi connectivity index (χ2v) is 8.13. The van der Waals surface area contributed by atoms with Crippen LogP contribution in [0.4, 0.5) is 0 Å². The zero-order valence-corrected chi connectivity index (χ0v) is 19.3. The summed E-state index contributed by atoms with van der Waals surface area (Å²) < 4.78 is 2.12. The van der Waals surface area contributed by atoms with Crippen LogP contribution in [0, 0.1) is 22.7 Å². The molecule has 1 aromatic carbocycles. The van der Waals surface area contributed by atoms with E-state index in [1.54, 1.807) is 12.2 Å². The molecule has 5 nitrogen and oxygen atoms in total. The highest BCUT2D eigenvalue weighted by atomic mass is 15.5. The number of hydrogen-bond donors (Lipinski definition) is 1. The minimum Gasteiger partial charge on any atom is -0.319 e. The first-order valence-electron chi connectivity index (χ1n) is 11.3. The molecule has 4 rings (SSSR count). The van der Waals surface area contributed by atoms with Gasteiger partial charge in [0.1, 0.15) is 12.2 Å². The van der Waals surface area contributed by atoms with Crippen molar-refractivity contribution in [3.8, 4) is 12.1 Å². The van der Waals surface area contributed by atoms with Crippen LogP contribution in [-0.2, 0) is 6.42 Å². The van der Waals surface area contributed by atoms with Crippen molar-refractivity contribution in [1.29, 1.82) is 10.5 Å². The van der Waals surface area contributed by atoms with Crippen molar-refractivity contribution in [2.24, 2.45) is 0 Å². The third kappa shape index (κ3) is 4.12. The molecule has 1 atom stereocenters. The number of allylic oxidation sites excluding steroid dienone is 9. The van der Waals surface area contributed by atoms with E-state index in [2.05, 4.69) is 65.7 Å². The summed E-state index contributed by atoms with van der Waals surface area (Å²) in [5.41, 5.74) is 9.86. The Morgan fingerprint density at radius 2 is 2.06 bits per heavy atom. The molecule has 0 saturated carbocycles. The SMILES string of the molecule is C=C/C=C\C(Nn1c2c(c3ccccc31)CC=C2)N(C(=C)/C=C\C)C1=C(C#N)C=C(C#N)CC1. The minimum absolute atomic E-state index is 0.356. The van der Waals surface area contributed by atoms with Crippen molar-refractivity contribution in [3.63, 3.8) is 0 Å². The average Bonchev–Trinajstić information content (AvgIpc) is 3.45. The summed E-state index contributed by atoms with van der Waals surface area (Å²) in [6.45, 7) is 10.1. The Balaban J connectivity index is 1.87. The van der Waals surface area contributed by atoms with Gasteiger partial charge in [-0.15, -0.1) is 0 Å². The number of nitriles is 2. The summed E-state index contributed by atoms with van der Waals surface area (Å²) in [5.74, 6) is 0. The van der Waals surface area contributed by atoms with Crippen LogP contribution in [0.1, 0.15) is 31.0 Å². The molecule has 2 aromatic rings.